The number of carbonyl (C=O) groups excluding carboxylic acids is 1. The first-order valence-electron chi connectivity index (χ1n) is 10.9. The van der Waals surface area contributed by atoms with E-state index >= 15 is 0 Å². The highest BCUT2D eigenvalue weighted by molar-refractivity contribution is 7.89. The molecule has 1 amide bonds. The van der Waals surface area contributed by atoms with E-state index in [0.29, 0.717) is 18.7 Å². The van der Waals surface area contributed by atoms with Gasteiger partial charge in [0.25, 0.3) is 5.91 Å². The third-order valence-corrected chi connectivity index (χ3v) is 8.46. The minimum absolute atomic E-state index is 0.0891. The Labute approximate surface area is 203 Å². The Morgan fingerprint density at radius 3 is 2.29 bits per heavy atom. The maximum absolute atomic E-state index is 13.2. The molecule has 0 unspecified atom stereocenters. The van der Waals surface area contributed by atoms with Gasteiger partial charge in [-0.05, 0) is 49.4 Å². The van der Waals surface area contributed by atoms with Crippen LogP contribution in [0.5, 0.6) is 0 Å². The van der Waals surface area contributed by atoms with Crippen LogP contribution in [0.15, 0.2) is 77.7 Å². The lowest BCUT2D eigenvalue weighted by Crippen LogP contribution is -2.50. The van der Waals surface area contributed by atoms with Gasteiger partial charge in [-0.2, -0.15) is 4.31 Å². The summed E-state index contributed by atoms with van der Waals surface area (Å²) in [5.41, 5.74) is 3.22. The lowest BCUT2D eigenvalue weighted by molar-refractivity contribution is 0.0698. The Bertz CT molecular complexity index is 1480. The van der Waals surface area contributed by atoms with Crippen molar-refractivity contribution in [2.24, 2.45) is 0 Å². The van der Waals surface area contributed by atoms with Crippen LogP contribution in [0.3, 0.4) is 0 Å². The number of amides is 1. The summed E-state index contributed by atoms with van der Waals surface area (Å²) in [4.78, 5) is 19.6. The molecule has 0 bridgehead atoms. The number of nitrogens with zero attached hydrogens (tertiary/aromatic N) is 4. The summed E-state index contributed by atoms with van der Waals surface area (Å²) in [5.74, 6) is 0.702. The largest absolute Gasteiger partial charge is 0.336 e. The van der Waals surface area contributed by atoms with Gasteiger partial charge in [0.05, 0.1) is 16.1 Å². The Kier molecular flexibility index (Phi) is 5.89. The van der Waals surface area contributed by atoms with Crippen molar-refractivity contribution in [2.45, 2.75) is 11.8 Å². The van der Waals surface area contributed by atoms with Crippen LogP contribution in [0.25, 0.3) is 16.7 Å². The van der Waals surface area contributed by atoms with Gasteiger partial charge in [-0.15, -0.1) is 0 Å². The van der Waals surface area contributed by atoms with Crippen molar-refractivity contribution in [1.29, 1.82) is 0 Å². The van der Waals surface area contributed by atoms with Gasteiger partial charge in [0, 0.05) is 37.4 Å². The number of aryl methyl sites for hydroxylation is 1. The van der Waals surface area contributed by atoms with E-state index < -0.39 is 10.0 Å². The molecule has 1 aromatic heterocycles. The second-order valence-corrected chi connectivity index (χ2v) is 10.5. The fourth-order valence-electron chi connectivity index (χ4n) is 4.34. The number of halogens is 1. The molecule has 1 fully saturated rings. The molecule has 5 rings (SSSR count). The van der Waals surface area contributed by atoms with E-state index in [9.17, 15) is 13.2 Å². The maximum atomic E-state index is 13.2. The normalized spacial score (nSPS) is 15.1. The summed E-state index contributed by atoms with van der Waals surface area (Å²) < 4.78 is 29.4. The molecular formula is C25H23ClN4O3S. The van der Waals surface area contributed by atoms with E-state index in [1.54, 1.807) is 35.2 Å². The lowest BCUT2D eigenvalue weighted by atomic mass is 10.1. The number of fused-ring (bicyclic) bond motifs is 1. The minimum Gasteiger partial charge on any atom is -0.336 e. The molecule has 0 aliphatic carbocycles. The zero-order valence-corrected chi connectivity index (χ0v) is 20.1. The number of aromatic nitrogens is 2. The summed E-state index contributed by atoms with van der Waals surface area (Å²) in [7, 11) is -3.71. The van der Waals surface area contributed by atoms with Gasteiger partial charge in [0.2, 0.25) is 10.0 Å². The average molecular weight is 495 g/mol. The Hall–Kier alpha value is -3.20. The minimum atomic E-state index is -3.71. The van der Waals surface area contributed by atoms with Crippen LogP contribution in [-0.2, 0) is 10.0 Å². The fourth-order valence-corrected chi connectivity index (χ4v) is 6.26. The Morgan fingerprint density at radius 2 is 1.59 bits per heavy atom. The third kappa shape index (κ3) is 3.98. The number of sulfonamides is 1. The van der Waals surface area contributed by atoms with Crippen LogP contribution in [-0.4, -0.2) is 59.3 Å². The van der Waals surface area contributed by atoms with Crippen LogP contribution in [0.1, 0.15) is 16.2 Å². The lowest BCUT2D eigenvalue weighted by Gasteiger charge is -2.34. The van der Waals surface area contributed by atoms with Gasteiger partial charge in [-0.25, -0.2) is 13.4 Å². The first-order chi connectivity index (χ1) is 16.4. The van der Waals surface area contributed by atoms with E-state index in [4.69, 9.17) is 11.6 Å². The maximum Gasteiger partial charge on any atom is 0.254 e. The highest BCUT2D eigenvalue weighted by Gasteiger charge is 2.31. The second-order valence-electron chi connectivity index (χ2n) is 8.16. The van der Waals surface area contributed by atoms with Crippen LogP contribution in [0, 0.1) is 6.92 Å². The molecule has 0 N–H and O–H groups in total. The monoisotopic (exact) mass is 494 g/mol. The molecule has 7 nitrogen and oxygen atoms in total. The second kappa shape index (κ2) is 8.87. The van der Waals surface area contributed by atoms with E-state index in [1.165, 1.54) is 10.4 Å². The van der Waals surface area contributed by atoms with Crippen molar-refractivity contribution >= 4 is 38.6 Å². The molecule has 1 aliphatic rings. The van der Waals surface area contributed by atoms with E-state index in [0.717, 1.165) is 22.5 Å². The van der Waals surface area contributed by atoms with E-state index in [1.807, 2.05) is 43.3 Å². The SMILES string of the molecule is Cc1nc2cc(C(=O)N3CCN(S(=O)(=O)c4ccccc4Cl)CC3)ccc2n1-c1ccccc1. The molecule has 1 saturated heterocycles. The topological polar surface area (TPSA) is 75.5 Å². The van der Waals surface area contributed by atoms with E-state index in [-0.39, 0.29) is 28.9 Å². The molecule has 0 saturated carbocycles. The van der Waals surface area contributed by atoms with Crippen LogP contribution >= 0.6 is 11.6 Å². The molecule has 9 heteroatoms. The number of rotatable bonds is 4. The Balaban J connectivity index is 1.34. The molecule has 4 aromatic rings. The van der Waals surface area contributed by atoms with Crippen molar-refractivity contribution in [3.05, 3.63) is 89.2 Å². The smallest absolute Gasteiger partial charge is 0.254 e. The predicted molar refractivity (Wildman–Crippen MR) is 132 cm³/mol. The number of benzene rings is 3. The predicted octanol–water partition coefficient (Wildman–Crippen LogP) is 4.13. The first-order valence-corrected chi connectivity index (χ1v) is 12.8. The van der Waals surface area contributed by atoms with Crippen molar-refractivity contribution < 1.29 is 13.2 Å². The van der Waals surface area contributed by atoms with Crippen molar-refractivity contribution in [2.75, 3.05) is 26.2 Å². The highest BCUT2D eigenvalue weighted by Crippen LogP contribution is 2.26. The zero-order chi connectivity index (χ0) is 23.9. The van der Waals surface area contributed by atoms with Crippen molar-refractivity contribution in [1.82, 2.24) is 18.8 Å². The molecule has 0 atom stereocenters. The van der Waals surface area contributed by atoms with Gasteiger partial charge in [-0.3, -0.25) is 9.36 Å². The van der Waals surface area contributed by atoms with Crippen molar-refractivity contribution in [3.8, 4) is 5.69 Å². The molecule has 34 heavy (non-hydrogen) atoms. The van der Waals surface area contributed by atoms with Gasteiger partial charge in [0.1, 0.15) is 10.7 Å². The molecule has 1 aliphatic heterocycles. The zero-order valence-electron chi connectivity index (χ0n) is 18.6. The van der Waals surface area contributed by atoms with Gasteiger partial charge < -0.3 is 4.90 Å². The number of imidazole rings is 1. The van der Waals surface area contributed by atoms with Crippen LogP contribution in [0.2, 0.25) is 5.02 Å². The molecule has 3 aromatic carbocycles. The molecular weight excluding hydrogens is 472 g/mol. The quantitative estimate of drug-likeness (QED) is 0.427. The summed E-state index contributed by atoms with van der Waals surface area (Å²) in [6.07, 6.45) is 0. The number of carbonyl (C=O) groups is 1. The van der Waals surface area contributed by atoms with Gasteiger partial charge >= 0.3 is 0 Å². The molecule has 174 valence electrons. The number of piperazine rings is 1. The van der Waals surface area contributed by atoms with Crippen LogP contribution < -0.4 is 0 Å². The van der Waals surface area contributed by atoms with Gasteiger partial charge in [-0.1, -0.05) is 41.9 Å². The standard InChI is InChI=1S/C25H23ClN4O3S/c1-18-27-22-17-19(11-12-23(22)30(18)20-7-3-2-4-8-20)25(31)28-13-15-29(16-14-28)34(32,33)24-10-6-5-9-21(24)26/h2-12,17H,13-16H2,1H3. The first kappa shape index (κ1) is 22.6. The fraction of sp³-hybridized carbons (Fsp3) is 0.200. The summed E-state index contributed by atoms with van der Waals surface area (Å²) in [6.45, 7) is 2.97. The molecule has 2 heterocycles. The Morgan fingerprint density at radius 1 is 0.912 bits per heavy atom. The highest BCUT2D eigenvalue weighted by atomic mass is 35.5. The molecule has 0 radical (unpaired) electrons. The summed E-state index contributed by atoms with van der Waals surface area (Å²) in [6, 6.07) is 21.9. The summed E-state index contributed by atoms with van der Waals surface area (Å²) >= 11 is 6.11. The van der Waals surface area contributed by atoms with Crippen molar-refractivity contribution in [3.63, 3.8) is 0 Å². The average Bonchev–Trinajstić information content (AvgIpc) is 3.19. The van der Waals surface area contributed by atoms with E-state index in [2.05, 4.69) is 9.55 Å². The third-order valence-electron chi connectivity index (χ3n) is 6.06. The number of hydrogen-bond acceptors (Lipinski definition) is 4. The number of para-hydroxylation sites is 1. The number of hydrogen-bond donors (Lipinski definition) is 0. The van der Waals surface area contributed by atoms with Crippen LogP contribution in [0.4, 0.5) is 0 Å². The molecule has 0 spiro atoms. The summed E-state index contributed by atoms with van der Waals surface area (Å²) in [5, 5.41) is 0.194. The van der Waals surface area contributed by atoms with Gasteiger partial charge in [0.15, 0.2) is 0 Å².